The third kappa shape index (κ3) is 3.48. The number of carbonyl (C=O) groups excluding carboxylic acids is 1. The van der Waals surface area contributed by atoms with Crippen LogP contribution in [0.15, 0.2) is 18.3 Å². The molecule has 0 unspecified atom stereocenters. The van der Waals surface area contributed by atoms with Gasteiger partial charge in [-0.05, 0) is 43.0 Å². The van der Waals surface area contributed by atoms with Crippen molar-refractivity contribution in [2.45, 2.75) is 19.3 Å². The smallest absolute Gasteiger partial charge is 0.286 e. The predicted octanol–water partition coefficient (Wildman–Crippen LogP) is 2.83. The SMILES string of the molecule is O=C(Nc1ccc(N2CCCCC2)nc1)c1nnc(Cl)s1. The van der Waals surface area contributed by atoms with Gasteiger partial charge in [-0.25, -0.2) is 4.98 Å². The van der Waals surface area contributed by atoms with Crippen LogP contribution in [-0.2, 0) is 0 Å². The van der Waals surface area contributed by atoms with Crippen molar-refractivity contribution in [1.82, 2.24) is 15.2 Å². The van der Waals surface area contributed by atoms with E-state index in [4.69, 9.17) is 11.6 Å². The summed E-state index contributed by atoms with van der Waals surface area (Å²) in [6, 6.07) is 3.77. The molecule has 0 spiro atoms. The Morgan fingerprint density at radius 1 is 1.24 bits per heavy atom. The molecule has 3 rings (SSSR count). The number of hydrogen-bond donors (Lipinski definition) is 1. The van der Waals surface area contributed by atoms with Crippen molar-refractivity contribution < 1.29 is 4.79 Å². The largest absolute Gasteiger partial charge is 0.357 e. The van der Waals surface area contributed by atoms with Crippen molar-refractivity contribution in [3.8, 4) is 0 Å². The number of carbonyl (C=O) groups is 1. The third-order valence-corrected chi connectivity index (χ3v) is 4.30. The van der Waals surface area contributed by atoms with Crippen LogP contribution in [0.5, 0.6) is 0 Å². The highest BCUT2D eigenvalue weighted by atomic mass is 35.5. The Morgan fingerprint density at radius 2 is 2.05 bits per heavy atom. The summed E-state index contributed by atoms with van der Waals surface area (Å²) in [6.07, 6.45) is 5.36. The number of rotatable bonds is 3. The second-order valence-electron chi connectivity index (χ2n) is 4.77. The second kappa shape index (κ2) is 6.36. The van der Waals surface area contributed by atoms with Crippen molar-refractivity contribution in [2.75, 3.05) is 23.3 Å². The molecule has 6 nitrogen and oxygen atoms in total. The molecule has 0 aromatic carbocycles. The Kier molecular flexibility index (Phi) is 4.31. The van der Waals surface area contributed by atoms with Crippen LogP contribution < -0.4 is 10.2 Å². The zero-order valence-electron chi connectivity index (χ0n) is 11.3. The van der Waals surface area contributed by atoms with Crippen molar-refractivity contribution in [2.24, 2.45) is 0 Å². The Balaban J connectivity index is 1.65. The first-order chi connectivity index (χ1) is 10.2. The van der Waals surface area contributed by atoms with Gasteiger partial charge in [0.1, 0.15) is 5.82 Å². The van der Waals surface area contributed by atoms with Gasteiger partial charge in [-0.1, -0.05) is 11.3 Å². The minimum absolute atomic E-state index is 0.236. The number of nitrogens with zero attached hydrogens (tertiary/aromatic N) is 4. The standard InChI is InChI=1S/C13H14ClN5OS/c14-13-18-17-12(21-13)11(20)16-9-4-5-10(15-8-9)19-6-2-1-3-7-19/h4-5,8H,1-3,6-7H2,(H,16,20). The lowest BCUT2D eigenvalue weighted by molar-refractivity contribution is 0.102. The van der Waals surface area contributed by atoms with Crippen LogP contribution in [0, 0.1) is 0 Å². The van der Waals surface area contributed by atoms with E-state index in [0.29, 0.717) is 5.69 Å². The molecule has 0 saturated carbocycles. The first-order valence-electron chi connectivity index (χ1n) is 6.74. The molecule has 2 aromatic heterocycles. The minimum atomic E-state index is -0.327. The molecule has 8 heteroatoms. The quantitative estimate of drug-likeness (QED) is 0.940. The highest BCUT2D eigenvalue weighted by Gasteiger charge is 2.14. The van der Waals surface area contributed by atoms with Gasteiger partial charge >= 0.3 is 0 Å². The number of amides is 1. The third-order valence-electron chi connectivity index (χ3n) is 3.28. The summed E-state index contributed by atoms with van der Waals surface area (Å²) in [7, 11) is 0. The molecule has 21 heavy (non-hydrogen) atoms. The lowest BCUT2D eigenvalue weighted by Crippen LogP contribution is -2.30. The zero-order chi connectivity index (χ0) is 14.7. The Bertz CT molecular complexity index is 624. The van der Waals surface area contributed by atoms with E-state index in [2.05, 4.69) is 25.4 Å². The predicted molar refractivity (Wildman–Crippen MR) is 83.2 cm³/mol. The van der Waals surface area contributed by atoms with Gasteiger partial charge in [-0.3, -0.25) is 4.79 Å². The van der Waals surface area contributed by atoms with Crippen LogP contribution in [0.3, 0.4) is 0 Å². The molecular weight excluding hydrogens is 310 g/mol. The highest BCUT2D eigenvalue weighted by molar-refractivity contribution is 7.17. The van der Waals surface area contributed by atoms with Crippen molar-refractivity contribution in [3.05, 3.63) is 27.8 Å². The Morgan fingerprint density at radius 3 is 2.67 bits per heavy atom. The molecule has 1 fully saturated rings. The molecule has 0 aliphatic carbocycles. The van der Waals surface area contributed by atoms with E-state index in [0.717, 1.165) is 30.2 Å². The molecule has 110 valence electrons. The van der Waals surface area contributed by atoms with Crippen molar-refractivity contribution >= 4 is 40.4 Å². The molecule has 3 heterocycles. The minimum Gasteiger partial charge on any atom is -0.357 e. The zero-order valence-corrected chi connectivity index (χ0v) is 12.8. The molecule has 0 radical (unpaired) electrons. The average molecular weight is 324 g/mol. The van der Waals surface area contributed by atoms with Gasteiger partial charge in [0.25, 0.3) is 5.91 Å². The van der Waals surface area contributed by atoms with E-state index in [9.17, 15) is 4.79 Å². The van der Waals surface area contributed by atoms with Crippen LogP contribution in [0.25, 0.3) is 0 Å². The maximum absolute atomic E-state index is 11.9. The van der Waals surface area contributed by atoms with Crippen molar-refractivity contribution in [3.63, 3.8) is 0 Å². The molecule has 1 amide bonds. The number of hydrogen-bond acceptors (Lipinski definition) is 6. The second-order valence-corrected chi connectivity index (χ2v) is 6.33. The maximum Gasteiger partial charge on any atom is 0.286 e. The first kappa shape index (κ1) is 14.2. The van der Waals surface area contributed by atoms with E-state index in [1.54, 1.807) is 6.20 Å². The van der Waals surface area contributed by atoms with Crippen LogP contribution >= 0.6 is 22.9 Å². The van der Waals surface area contributed by atoms with Crippen LogP contribution in [0.4, 0.5) is 11.5 Å². The lowest BCUT2D eigenvalue weighted by atomic mass is 10.1. The van der Waals surface area contributed by atoms with Gasteiger partial charge in [0.05, 0.1) is 11.9 Å². The number of piperidine rings is 1. The van der Waals surface area contributed by atoms with E-state index >= 15 is 0 Å². The molecule has 2 aromatic rings. The molecule has 1 aliphatic rings. The normalized spacial score (nSPS) is 15.0. The lowest BCUT2D eigenvalue weighted by Gasteiger charge is -2.27. The summed E-state index contributed by atoms with van der Waals surface area (Å²) in [5.74, 6) is 0.624. The maximum atomic E-state index is 11.9. The number of halogens is 1. The van der Waals surface area contributed by atoms with Crippen LogP contribution in [0.2, 0.25) is 4.47 Å². The average Bonchev–Trinajstić information content (AvgIpc) is 2.96. The van der Waals surface area contributed by atoms with Crippen LogP contribution in [-0.4, -0.2) is 34.2 Å². The summed E-state index contributed by atoms with van der Waals surface area (Å²) in [6.45, 7) is 2.09. The molecule has 1 saturated heterocycles. The van der Waals surface area contributed by atoms with Gasteiger partial charge in [0, 0.05) is 13.1 Å². The van der Waals surface area contributed by atoms with Gasteiger partial charge in [-0.15, -0.1) is 10.2 Å². The Hall–Kier alpha value is -1.73. The highest BCUT2D eigenvalue weighted by Crippen LogP contribution is 2.20. The first-order valence-corrected chi connectivity index (χ1v) is 7.93. The fourth-order valence-electron chi connectivity index (χ4n) is 2.25. The fourth-order valence-corrected chi connectivity index (χ4v) is 2.98. The molecular formula is C13H14ClN5OS. The number of nitrogens with one attached hydrogen (secondary N) is 1. The fraction of sp³-hybridized carbons (Fsp3) is 0.385. The number of aromatic nitrogens is 3. The van der Waals surface area contributed by atoms with E-state index in [1.807, 2.05) is 12.1 Å². The molecule has 0 bridgehead atoms. The molecule has 0 atom stereocenters. The van der Waals surface area contributed by atoms with E-state index < -0.39 is 0 Å². The molecule has 1 aliphatic heterocycles. The van der Waals surface area contributed by atoms with Crippen molar-refractivity contribution in [1.29, 1.82) is 0 Å². The number of pyridine rings is 1. The summed E-state index contributed by atoms with van der Waals surface area (Å²) in [5, 5.41) is 10.3. The van der Waals surface area contributed by atoms with Gasteiger partial charge in [-0.2, -0.15) is 0 Å². The summed E-state index contributed by atoms with van der Waals surface area (Å²) in [4.78, 5) is 18.6. The summed E-state index contributed by atoms with van der Waals surface area (Å²) < 4.78 is 0.249. The van der Waals surface area contributed by atoms with E-state index in [1.165, 1.54) is 19.3 Å². The van der Waals surface area contributed by atoms with Crippen LogP contribution in [0.1, 0.15) is 29.1 Å². The van der Waals surface area contributed by atoms with E-state index in [-0.39, 0.29) is 15.4 Å². The molecule has 1 N–H and O–H groups in total. The topological polar surface area (TPSA) is 71.0 Å². The Labute approximate surface area is 131 Å². The van der Waals surface area contributed by atoms with Gasteiger partial charge < -0.3 is 10.2 Å². The summed E-state index contributed by atoms with van der Waals surface area (Å²) in [5.41, 5.74) is 0.632. The summed E-state index contributed by atoms with van der Waals surface area (Å²) >= 11 is 6.70. The van der Waals surface area contributed by atoms with Gasteiger partial charge in [0.15, 0.2) is 0 Å². The number of anilines is 2. The monoisotopic (exact) mass is 323 g/mol. The van der Waals surface area contributed by atoms with Gasteiger partial charge in [0.2, 0.25) is 9.47 Å².